The highest BCUT2D eigenvalue weighted by atomic mass is 32.2. The lowest BCUT2D eigenvalue weighted by Gasteiger charge is -2.27. The van der Waals surface area contributed by atoms with Gasteiger partial charge in [-0.1, -0.05) is 45.4 Å². The molecule has 0 unspecified atom stereocenters. The van der Waals surface area contributed by atoms with Crippen LogP contribution in [0.25, 0.3) is 0 Å². The fourth-order valence-corrected chi connectivity index (χ4v) is 7.35. The number of fused-ring (bicyclic) bond motifs is 2. The molecule has 2 aromatic rings. The Labute approximate surface area is 267 Å². The van der Waals surface area contributed by atoms with Crippen LogP contribution < -0.4 is 4.90 Å². The number of hydrogen-bond acceptors (Lipinski definition) is 6. The number of hydrogen-bond donors (Lipinski definition) is 2. The van der Waals surface area contributed by atoms with Crippen molar-refractivity contribution >= 4 is 43.1 Å². The van der Waals surface area contributed by atoms with Gasteiger partial charge in [0.15, 0.2) is 5.71 Å². The minimum absolute atomic E-state index is 0.137. The fourth-order valence-electron chi connectivity index (χ4n) is 6.33. The molecule has 4 rings (SSSR count). The Kier molecular flexibility index (Phi) is 9.80. The van der Waals surface area contributed by atoms with Gasteiger partial charge in [-0.3, -0.25) is 13.9 Å². The van der Waals surface area contributed by atoms with E-state index in [9.17, 15) is 30.7 Å². The monoisotopic (exact) mass is 655 g/mol. The molecule has 242 valence electrons. The molecule has 2 aliphatic heterocycles. The number of allylic oxidation sites excluding steroid dienone is 6. The van der Waals surface area contributed by atoms with Gasteiger partial charge in [0.05, 0.1) is 15.2 Å². The highest BCUT2D eigenvalue weighted by Crippen LogP contribution is 2.48. The molecule has 2 N–H and O–H groups in total. The van der Waals surface area contributed by atoms with Crippen LogP contribution in [0.3, 0.4) is 0 Å². The van der Waals surface area contributed by atoms with Crippen molar-refractivity contribution in [3.8, 4) is 0 Å². The first-order valence-corrected chi connectivity index (χ1v) is 18.0. The molecule has 45 heavy (non-hydrogen) atoms. The van der Waals surface area contributed by atoms with Gasteiger partial charge in [-0.25, -0.2) is 0 Å². The molecule has 0 saturated heterocycles. The first kappa shape index (κ1) is 34.5. The number of unbranched alkanes of at least 4 members (excludes halogenated alkanes) is 2. The summed E-state index contributed by atoms with van der Waals surface area (Å²) in [5, 5.41) is 0. The van der Waals surface area contributed by atoms with E-state index in [-0.39, 0.29) is 15.6 Å². The molecule has 0 saturated carbocycles. The van der Waals surface area contributed by atoms with Crippen molar-refractivity contribution in [1.29, 1.82) is 0 Å². The zero-order valence-electron chi connectivity index (χ0n) is 26.7. The number of carbonyl (C=O) groups excluding carboxylic acids is 1. The topological polar surface area (TPSA) is 132 Å². The first-order chi connectivity index (χ1) is 20.9. The standard InChI is InChI=1S/C34H42N2O7S2/c1-7-24(37)14-10-9-13-21-36-30-20-18-26(45(41,42)43)23-28(30)34(4,5)32(36)16-12-8-11-15-31-33(2,3)27-22-25(44(38,39)40)17-19-29(27)35(31)6/h8,11-12,15-20,22-23H,7,9-10,13-14,21H2,1-6H3,(H-,38,39,40,41,42,43)/p+1. The maximum absolute atomic E-state index is 11.9. The minimum atomic E-state index is -4.36. The highest BCUT2D eigenvalue weighted by Gasteiger charge is 2.43. The average Bonchev–Trinajstić information content (AvgIpc) is 3.29. The van der Waals surface area contributed by atoms with E-state index in [1.807, 2.05) is 76.6 Å². The third-order valence-electron chi connectivity index (χ3n) is 8.93. The van der Waals surface area contributed by atoms with Crippen LogP contribution in [-0.4, -0.2) is 55.6 Å². The van der Waals surface area contributed by atoms with Crippen LogP contribution in [0.2, 0.25) is 0 Å². The second-order valence-electron chi connectivity index (χ2n) is 12.7. The molecule has 11 heteroatoms. The third kappa shape index (κ3) is 7.06. The van der Waals surface area contributed by atoms with Gasteiger partial charge in [0.1, 0.15) is 12.8 Å². The van der Waals surface area contributed by atoms with Crippen LogP contribution >= 0.6 is 0 Å². The van der Waals surface area contributed by atoms with E-state index in [4.69, 9.17) is 0 Å². The van der Waals surface area contributed by atoms with E-state index in [0.717, 1.165) is 53.2 Å². The molecule has 2 heterocycles. The summed E-state index contributed by atoms with van der Waals surface area (Å²) in [4.78, 5) is 13.6. The summed E-state index contributed by atoms with van der Waals surface area (Å²) in [5.74, 6) is 0.260. The predicted octanol–water partition coefficient (Wildman–Crippen LogP) is 6.52. The summed E-state index contributed by atoms with van der Waals surface area (Å²) >= 11 is 0. The van der Waals surface area contributed by atoms with E-state index >= 15 is 0 Å². The van der Waals surface area contributed by atoms with E-state index in [2.05, 4.69) is 4.90 Å². The largest absolute Gasteiger partial charge is 0.344 e. The van der Waals surface area contributed by atoms with Crippen molar-refractivity contribution in [2.45, 2.75) is 87.3 Å². The third-order valence-corrected chi connectivity index (χ3v) is 10.6. The van der Waals surface area contributed by atoms with Crippen molar-refractivity contribution in [3.63, 3.8) is 0 Å². The van der Waals surface area contributed by atoms with Crippen molar-refractivity contribution in [1.82, 2.24) is 0 Å². The first-order valence-electron chi connectivity index (χ1n) is 15.1. The number of anilines is 1. The maximum Gasteiger partial charge on any atom is 0.294 e. The second-order valence-corrected chi connectivity index (χ2v) is 15.5. The van der Waals surface area contributed by atoms with Crippen molar-refractivity contribution < 1.29 is 35.3 Å². The normalized spacial score (nSPS) is 18.4. The Hall–Kier alpha value is -3.38. The molecule has 0 aromatic heterocycles. The lowest BCUT2D eigenvalue weighted by Crippen LogP contribution is -2.27. The summed E-state index contributed by atoms with van der Waals surface area (Å²) < 4.78 is 68.6. The number of nitrogens with zero attached hydrogens (tertiary/aromatic N) is 2. The maximum atomic E-state index is 11.9. The van der Waals surface area contributed by atoms with Crippen LogP contribution in [0.5, 0.6) is 0 Å². The summed E-state index contributed by atoms with van der Waals surface area (Å²) in [6.45, 7) is 10.6. The average molecular weight is 656 g/mol. The molecule has 0 aliphatic carbocycles. The van der Waals surface area contributed by atoms with Gasteiger partial charge in [-0.15, -0.1) is 0 Å². The number of ketones is 1. The van der Waals surface area contributed by atoms with E-state index in [1.165, 1.54) is 18.2 Å². The smallest absolute Gasteiger partial charge is 0.294 e. The Bertz CT molecular complexity index is 1850. The van der Waals surface area contributed by atoms with Gasteiger partial charge in [-0.05, 0) is 68.7 Å². The van der Waals surface area contributed by atoms with Gasteiger partial charge < -0.3 is 4.90 Å². The van der Waals surface area contributed by atoms with Crippen LogP contribution in [0.4, 0.5) is 11.4 Å². The molecule has 0 bridgehead atoms. The minimum Gasteiger partial charge on any atom is -0.344 e. The number of Topliss-reactive ketones (excluding diaryl/α,β-unsaturated/α-hetero) is 1. The zero-order chi connectivity index (χ0) is 33.4. The number of rotatable bonds is 12. The molecule has 2 aromatic carbocycles. The van der Waals surface area contributed by atoms with E-state index < -0.39 is 31.1 Å². The van der Waals surface area contributed by atoms with Crippen LogP contribution in [0, 0.1) is 0 Å². The lowest BCUT2D eigenvalue weighted by atomic mass is 9.81. The van der Waals surface area contributed by atoms with Gasteiger partial charge >= 0.3 is 0 Å². The molecule has 0 spiro atoms. The van der Waals surface area contributed by atoms with Gasteiger partial charge in [-0.2, -0.15) is 21.4 Å². The van der Waals surface area contributed by atoms with E-state index in [0.29, 0.717) is 19.4 Å². The Morgan fingerprint density at radius 1 is 0.844 bits per heavy atom. The summed E-state index contributed by atoms with van der Waals surface area (Å²) in [5.41, 5.74) is 4.24. The molecular weight excluding hydrogens is 613 g/mol. The van der Waals surface area contributed by atoms with Crippen molar-refractivity contribution in [2.24, 2.45) is 0 Å². The van der Waals surface area contributed by atoms with Crippen molar-refractivity contribution in [3.05, 3.63) is 83.6 Å². The lowest BCUT2D eigenvalue weighted by molar-refractivity contribution is -0.401. The SMILES string of the molecule is CCC(=O)CCCCCN1C(=CC=CC=CC2=[N+](C)c3ccc(S(=O)(=O)O)cc3C2(C)C)C(C)(C)c2cc(S(=O)(=O)O)ccc21. The van der Waals surface area contributed by atoms with E-state index in [1.54, 1.807) is 18.2 Å². The van der Waals surface area contributed by atoms with Crippen molar-refractivity contribution in [2.75, 3.05) is 18.5 Å². The molecule has 0 radical (unpaired) electrons. The molecule has 2 aliphatic rings. The highest BCUT2D eigenvalue weighted by molar-refractivity contribution is 7.86. The van der Waals surface area contributed by atoms with Crippen LogP contribution in [0.1, 0.15) is 77.8 Å². The molecular formula is C34H43N2O7S2+. The Morgan fingerprint density at radius 3 is 2.09 bits per heavy atom. The van der Waals surface area contributed by atoms with Crippen LogP contribution in [0.15, 0.2) is 82.3 Å². The predicted molar refractivity (Wildman–Crippen MR) is 177 cm³/mol. The fraction of sp³-hybridized carbons (Fsp3) is 0.412. The molecule has 0 amide bonds. The summed E-state index contributed by atoms with van der Waals surface area (Å²) in [6, 6.07) is 9.33. The molecule has 9 nitrogen and oxygen atoms in total. The number of carbonyl (C=O) groups is 1. The zero-order valence-corrected chi connectivity index (χ0v) is 28.4. The number of benzene rings is 2. The quantitative estimate of drug-likeness (QED) is 0.114. The Balaban J connectivity index is 1.60. The summed E-state index contributed by atoms with van der Waals surface area (Å²) in [6.07, 6.45) is 13.4. The van der Waals surface area contributed by atoms with Gasteiger partial charge in [0, 0.05) is 53.9 Å². The summed E-state index contributed by atoms with van der Waals surface area (Å²) in [7, 11) is -6.77. The second kappa shape index (κ2) is 12.8. The molecule has 0 fully saturated rings. The Morgan fingerprint density at radius 2 is 1.47 bits per heavy atom. The van der Waals surface area contributed by atoms with Gasteiger partial charge in [0.2, 0.25) is 5.69 Å². The molecule has 0 atom stereocenters. The van der Waals surface area contributed by atoms with Crippen LogP contribution in [-0.2, 0) is 35.9 Å². The van der Waals surface area contributed by atoms with Gasteiger partial charge in [0.25, 0.3) is 20.2 Å².